The summed E-state index contributed by atoms with van der Waals surface area (Å²) in [6, 6.07) is 6.28. The van der Waals surface area contributed by atoms with Gasteiger partial charge in [-0.15, -0.1) is 0 Å². The van der Waals surface area contributed by atoms with E-state index in [1.807, 2.05) is 0 Å². The standard InChI is InChI=1S/C13H19N4O4P/c1-21-10-5-3-9(4-6-10)11(18)16-22(20)13(14)7-2-8-17(15)12(13)19/h3-6,22H,2,7-8,14-15H2,1H3,(H,16,18,20)/t13-/m0/s1. The lowest BCUT2D eigenvalue weighted by Gasteiger charge is -2.35. The molecule has 0 spiro atoms. The predicted molar refractivity (Wildman–Crippen MR) is 81.5 cm³/mol. The van der Waals surface area contributed by atoms with E-state index >= 15 is 0 Å². The van der Waals surface area contributed by atoms with Gasteiger partial charge in [-0.3, -0.25) is 14.6 Å². The molecule has 0 aliphatic carbocycles. The van der Waals surface area contributed by atoms with E-state index in [0.29, 0.717) is 24.3 Å². The second kappa shape index (κ2) is 6.48. The minimum absolute atomic E-state index is 0.222. The topological polar surface area (TPSA) is 128 Å². The highest BCUT2D eigenvalue weighted by atomic mass is 31.1. The van der Waals surface area contributed by atoms with Crippen LogP contribution < -0.4 is 21.4 Å². The molecule has 0 saturated carbocycles. The van der Waals surface area contributed by atoms with E-state index < -0.39 is 25.0 Å². The van der Waals surface area contributed by atoms with Crippen molar-refractivity contribution in [1.29, 1.82) is 0 Å². The maximum atomic E-state index is 12.4. The molecule has 2 amide bonds. The molecule has 22 heavy (non-hydrogen) atoms. The zero-order valence-electron chi connectivity index (χ0n) is 12.2. The van der Waals surface area contributed by atoms with Gasteiger partial charge in [-0.05, 0) is 37.1 Å². The summed E-state index contributed by atoms with van der Waals surface area (Å²) < 4.78 is 17.4. The summed E-state index contributed by atoms with van der Waals surface area (Å²) in [6.45, 7) is 0.360. The van der Waals surface area contributed by atoms with Crippen molar-refractivity contribution in [1.82, 2.24) is 10.1 Å². The van der Waals surface area contributed by atoms with E-state index in [2.05, 4.69) is 5.09 Å². The van der Waals surface area contributed by atoms with Crippen molar-refractivity contribution in [2.75, 3.05) is 13.7 Å². The highest BCUT2D eigenvalue weighted by Crippen LogP contribution is 2.38. The first-order valence-electron chi connectivity index (χ1n) is 6.74. The van der Waals surface area contributed by atoms with E-state index in [9.17, 15) is 14.2 Å². The minimum atomic E-state index is -2.91. The lowest BCUT2D eigenvalue weighted by Crippen LogP contribution is -2.60. The van der Waals surface area contributed by atoms with Gasteiger partial charge in [0.15, 0.2) is 13.2 Å². The van der Waals surface area contributed by atoms with Gasteiger partial charge in [0.2, 0.25) is 0 Å². The molecule has 0 aromatic heterocycles. The molecule has 1 fully saturated rings. The van der Waals surface area contributed by atoms with Crippen molar-refractivity contribution in [3.63, 3.8) is 0 Å². The molecule has 1 heterocycles. The summed E-state index contributed by atoms with van der Waals surface area (Å²) in [5.41, 5.74) is 6.24. The number of nitrogens with zero attached hydrogens (tertiary/aromatic N) is 1. The number of benzene rings is 1. The number of hydrazine groups is 1. The van der Waals surface area contributed by atoms with Crippen LogP contribution in [-0.4, -0.2) is 35.8 Å². The molecular weight excluding hydrogens is 307 g/mol. The molecule has 8 nitrogen and oxygen atoms in total. The zero-order chi connectivity index (χ0) is 16.3. The van der Waals surface area contributed by atoms with Gasteiger partial charge in [0.05, 0.1) is 7.11 Å². The lowest BCUT2D eigenvalue weighted by atomic mass is 10.1. The van der Waals surface area contributed by atoms with Crippen molar-refractivity contribution in [2.24, 2.45) is 11.6 Å². The van der Waals surface area contributed by atoms with Crippen LogP contribution in [0.25, 0.3) is 0 Å². The van der Waals surface area contributed by atoms with Gasteiger partial charge < -0.3 is 20.1 Å². The van der Waals surface area contributed by atoms with E-state index in [-0.39, 0.29) is 6.42 Å². The van der Waals surface area contributed by atoms with Crippen molar-refractivity contribution < 1.29 is 18.9 Å². The van der Waals surface area contributed by atoms with Gasteiger partial charge in [-0.2, -0.15) is 0 Å². The summed E-state index contributed by atoms with van der Waals surface area (Å²) in [4.78, 5) is 24.1. The molecule has 1 aromatic carbocycles. The Kier molecular flexibility index (Phi) is 4.85. The number of nitrogens with one attached hydrogen (secondary N) is 1. The van der Waals surface area contributed by atoms with E-state index in [0.717, 1.165) is 5.01 Å². The van der Waals surface area contributed by atoms with Crippen LogP contribution in [-0.2, 0) is 9.36 Å². The van der Waals surface area contributed by atoms with Crippen molar-refractivity contribution in [3.05, 3.63) is 29.8 Å². The largest absolute Gasteiger partial charge is 0.497 e. The molecule has 1 aliphatic rings. The lowest BCUT2D eigenvalue weighted by molar-refractivity contribution is -0.136. The van der Waals surface area contributed by atoms with Gasteiger partial charge >= 0.3 is 0 Å². The molecule has 120 valence electrons. The Labute approximate surface area is 128 Å². The number of piperidine rings is 1. The van der Waals surface area contributed by atoms with Gasteiger partial charge in [-0.1, -0.05) is 0 Å². The summed E-state index contributed by atoms with van der Waals surface area (Å²) in [5.74, 6) is 4.95. The number of hydrogen-bond donors (Lipinski definition) is 3. The average molecular weight is 326 g/mol. The van der Waals surface area contributed by atoms with E-state index in [1.54, 1.807) is 12.1 Å². The molecular formula is C13H19N4O4P. The molecule has 1 unspecified atom stereocenters. The predicted octanol–water partition coefficient (Wildman–Crippen LogP) is 0.0508. The Bertz CT molecular complexity index is 607. The van der Waals surface area contributed by atoms with Crippen LogP contribution in [0.2, 0.25) is 0 Å². The summed E-state index contributed by atoms with van der Waals surface area (Å²) in [7, 11) is -1.39. The first kappa shape index (κ1) is 16.5. The van der Waals surface area contributed by atoms with Crippen LogP contribution in [0.3, 0.4) is 0 Å². The fourth-order valence-electron chi connectivity index (χ4n) is 2.23. The highest BCUT2D eigenvalue weighted by Gasteiger charge is 2.45. The van der Waals surface area contributed by atoms with Crippen LogP contribution in [0, 0.1) is 0 Å². The fraction of sp³-hybridized carbons (Fsp3) is 0.385. The number of carbonyl (C=O) groups is 2. The van der Waals surface area contributed by atoms with E-state index in [4.69, 9.17) is 16.3 Å². The SMILES string of the molecule is COc1ccc(C(=O)N[PH](=O)[C@@]2(N)CCCN(N)C2=O)cc1. The molecule has 9 heteroatoms. The molecule has 0 radical (unpaired) electrons. The maximum absolute atomic E-state index is 12.4. The summed E-state index contributed by atoms with van der Waals surface area (Å²) >= 11 is 0. The summed E-state index contributed by atoms with van der Waals surface area (Å²) in [6.07, 6.45) is 0.758. The van der Waals surface area contributed by atoms with Crippen molar-refractivity contribution >= 4 is 19.8 Å². The van der Waals surface area contributed by atoms with Crippen LogP contribution in [0.15, 0.2) is 24.3 Å². The molecule has 2 atom stereocenters. The zero-order valence-corrected chi connectivity index (χ0v) is 13.2. The molecule has 0 bridgehead atoms. The smallest absolute Gasteiger partial charge is 0.265 e. The maximum Gasteiger partial charge on any atom is 0.265 e. The number of carbonyl (C=O) groups excluding carboxylic acids is 2. The van der Waals surface area contributed by atoms with Gasteiger partial charge in [0.1, 0.15) is 5.75 Å². The number of ether oxygens (including phenoxy) is 1. The van der Waals surface area contributed by atoms with Gasteiger partial charge in [0.25, 0.3) is 11.8 Å². The fourth-order valence-corrected chi connectivity index (χ4v) is 3.55. The van der Waals surface area contributed by atoms with Gasteiger partial charge in [0, 0.05) is 12.1 Å². The van der Waals surface area contributed by atoms with Crippen molar-refractivity contribution in [2.45, 2.75) is 18.1 Å². The molecule has 1 saturated heterocycles. The first-order valence-corrected chi connectivity index (χ1v) is 8.14. The quantitative estimate of drug-likeness (QED) is 0.407. The molecule has 1 aromatic rings. The second-order valence-corrected chi connectivity index (χ2v) is 6.89. The Morgan fingerprint density at radius 3 is 2.64 bits per heavy atom. The second-order valence-electron chi connectivity index (χ2n) is 5.09. The van der Waals surface area contributed by atoms with Crippen molar-refractivity contribution in [3.8, 4) is 5.75 Å². The number of hydrogen-bond acceptors (Lipinski definition) is 6. The minimum Gasteiger partial charge on any atom is -0.497 e. The Morgan fingerprint density at radius 2 is 2.05 bits per heavy atom. The van der Waals surface area contributed by atoms with Gasteiger partial charge in [-0.25, -0.2) is 5.84 Å². The third-order valence-corrected chi connectivity index (χ3v) is 5.33. The molecule has 5 N–H and O–H groups in total. The highest BCUT2D eigenvalue weighted by molar-refractivity contribution is 7.46. The normalized spacial score (nSPS) is 23.0. The first-order chi connectivity index (χ1) is 10.4. The molecule has 1 aliphatic heterocycles. The third kappa shape index (κ3) is 3.14. The number of methoxy groups -OCH3 is 1. The third-order valence-electron chi connectivity index (χ3n) is 3.60. The number of amides is 2. The Hall–Kier alpha value is -1.89. The van der Waals surface area contributed by atoms with Crippen LogP contribution in [0.4, 0.5) is 0 Å². The monoisotopic (exact) mass is 326 g/mol. The number of rotatable bonds is 4. The Morgan fingerprint density at radius 1 is 1.41 bits per heavy atom. The van der Waals surface area contributed by atoms with Crippen LogP contribution in [0.1, 0.15) is 23.2 Å². The van der Waals surface area contributed by atoms with Crippen LogP contribution in [0.5, 0.6) is 5.75 Å². The molecule has 2 rings (SSSR count). The number of nitrogens with two attached hydrogens (primary N) is 2. The van der Waals surface area contributed by atoms with E-state index in [1.165, 1.54) is 19.2 Å². The summed E-state index contributed by atoms with van der Waals surface area (Å²) in [5, 5.41) is 1.66. The average Bonchev–Trinajstić information content (AvgIpc) is 2.52. The Balaban J connectivity index is 2.10. The van der Waals surface area contributed by atoms with Crippen LogP contribution >= 0.6 is 7.95 Å².